The zero-order chi connectivity index (χ0) is 27.3. The van der Waals surface area contributed by atoms with E-state index in [0.717, 1.165) is 32.6 Å². The van der Waals surface area contributed by atoms with Gasteiger partial charge in [0.25, 0.3) is 0 Å². The summed E-state index contributed by atoms with van der Waals surface area (Å²) in [5.74, 6) is 1.03. The Morgan fingerprint density at radius 2 is 1.84 bits per heavy atom. The first kappa shape index (κ1) is 19.7. The Morgan fingerprint density at radius 3 is 2.50 bits per heavy atom. The molecule has 2 N–H and O–H groups in total. The van der Waals surface area contributed by atoms with Crippen LogP contribution in [0.3, 0.4) is 0 Å². The van der Waals surface area contributed by atoms with Crippen molar-refractivity contribution in [2.75, 3.05) is 0 Å². The number of hydrogen-bond acceptors (Lipinski definition) is 2. The van der Waals surface area contributed by atoms with Gasteiger partial charge in [0.2, 0.25) is 0 Å². The molecule has 3 fully saturated rings. The number of allylic oxidation sites excluding steroid dienone is 1. The summed E-state index contributed by atoms with van der Waals surface area (Å²) in [4.78, 5) is 0. The molecule has 0 radical (unpaired) electrons. The van der Waals surface area contributed by atoms with Crippen molar-refractivity contribution in [3.63, 3.8) is 0 Å². The molecule has 0 saturated heterocycles. The Kier molecular flexibility index (Phi) is 4.76. The van der Waals surface area contributed by atoms with E-state index in [9.17, 15) is 23.4 Å². The van der Waals surface area contributed by atoms with Gasteiger partial charge in [-0.25, -0.2) is 0 Å². The van der Waals surface area contributed by atoms with Crippen LogP contribution < -0.4 is 0 Å². The second kappa shape index (κ2) is 7.73. The van der Waals surface area contributed by atoms with Crippen LogP contribution in [-0.2, 0) is 0 Å². The van der Waals surface area contributed by atoms with Crippen LogP contribution in [-0.4, -0.2) is 27.6 Å². The SMILES string of the molecule is [2H]C1([2H])C[C@@]2(C)C(=CCC3C2CC[C@@]2(C)C3CC[C@@H]2[C@H](C)CC[C@](C)(O)C(F)(F)F)C([2H])([2H])[C@@]1(C)O. The van der Waals surface area contributed by atoms with Gasteiger partial charge in [-0.2, -0.15) is 13.2 Å². The summed E-state index contributed by atoms with van der Waals surface area (Å²) >= 11 is 0. The van der Waals surface area contributed by atoms with E-state index in [1.54, 1.807) is 0 Å². The third-order valence-corrected chi connectivity index (χ3v) is 10.1. The highest BCUT2D eigenvalue weighted by molar-refractivity contribution is 5.26. The van der Waals surface area contributed by atoms with Gasteiger partial charge in [-0.05, 0) is 118 Å². The molecule has 4 aliphatic rings. The molecule has 4 rings (SSSR count). The maximum Gasteiger partial charge on any atom is 0.416 e. The number of rotatable bonds is 4. The lowest BCUT2D eigenvalue weighted by Gasteiger charge is -2.59. The van der Waals surface area contributed by atoms with Gasteiger partial charge in [0.05, 0.1) is 5.60 Å². The van der Waals surface area contributed by atoms with Crippen LogP contribution in [0, 0.1) is 40.4 Å². The topological polar surface area (TPSA) is 40.5 Å². The number of hydrogen-bond donors (Lipinski definition) is 2. The van der Waals surface area contributed by atoms with Crippen LogP contribution >= 0.6 is 0 Å². The normalized spacial score (nSPS) is 52.0. The van der Waals surface area contributed by atoms with E-state index in [1.165, 1.54) is 6.92 Å². The second-order valence-electron chi connectivity index (χ2n) is 12.2. The minimum absolute atomic E-state index is 0.0371. The molecule has 0 amide bonds. The first-order chi connectivity index (χ1) is 16.1. The Balaban J connectivity index is 1.58. The molecular formula is C27H43F3O2. The Morgan fingerprint density at radius 1 is 1.16 bits per heavy atom. The molecule has 0 aromatic rings. The highest BCUT2D eigenvalue weighted by Gasteiger charge is 2.60. The molecule has 0 aliphatic heterocycles. The lowest BCUT2D eigenvalue weighted by Crippen LogP contribution is -2.52. The predicted molar refractivity (Wildman–Crippen MR) is 121 cm³/mol. The van der Waals surface area contributed by atoms with Crippen molar-refractivity contribution in [2.45, 2.75) is 116 Å². The molecule has 0 spiro atoms. The van der Waals surface area contributed by atoms with Crippen molar-refractivity contribution in [1.29, 1.82) is 0 Å². The molecule has 2 nitrogen and oxygen atoms in total. The zero-order valence-electron chi connectivity index (χ0n) is 24.1. The van der Waals surface area contributed by atoms with Crippen molar-refractivity contribution in [3.05, 3.63) is 11.6 Å². The van der Waals surface area contributed by atoms with Crippen molar-refractivity contribution in [2.24, 2.45) is 40.4 Å². The molecular weight excluding hydrogens is 413 g/mol. The average Bonchev–Trinajstić information content (AvgIpc) is 3.07. The number of halogens is 3. The standard InChI is InChI=1S/C27H43F3O2/c1-17(10-13-26(5,32)27(28,29)30)20-8-9-21-19-7-6-18-16-23(2,31)14-15-24(18,3)22(19)11-12-25(20,21)4/h6,17,19-22,31-32H,7-16H2,1-5H3/t17-,19?,20-,21?,22?,23+,24+,25-,26+/m1/s1/i14D2,16D2. The Bertz CT molecular complexity index is 915. The first-order valence-corrected chi connectivity index (χ1v) is 12.4. The van der Waals surface area contributed by atoms with E-state index >= 15 is 0 Å². The number of fused-ring (bicyclic) bond motifs is 5. The number of alkyl halides is 3. The molecule has 4 aliphatic carbocycles. The van der Waals surface area contributed by atoms with Crippen LogP contribution in [0.2, 0.25) is 0 Å². The van der Waals surface area contributed by atoms with Gasteiger partial charge in [-0.3, -0.25) is 0 Å². The van der Waals surface area contributed by atoms with E-state index in [0.29, 0.717) is 24.3 Å². The summed E-state index contributed by atoms with van der Waals surface area (Å²) in [6.07, 6.45) is -2.57. The van der Waals surface area contributed by atoms with E-state index in [1.807, 2.05) is 19.9 Å². The fourth-order valence-electron chi connectivity index (χ4n) is 8.00. The summed E-state index contributed by atoms with van der Waals surface area (Å²) < 4.78 is 74.3. The Hall–Kier alpha value is -0.550. The molecule has 32 heavy (non-hydrogen) atoms. The van der Waals surface area contributed by atoms with Gasteiger partial charge in [0.1, 0.15) is 0 Å². The van der Waals surface area contributed by atoms with Gasteiger partial charge in [-0.15, -0.1) is 0 Å². The molecule has 0 aromatic heterocycles. The van der Waals surface area contributed by atoms with Gasteiger partial charge in [0.15, 0.2) is 5.60 Å². The molecule has 184 valence electrons. The fraction of sp³-hybridized carbons (Fsp3) is 0.926. The summed E-state index contributed by atoms with van der Waals surface area (Å²) in [6, 6.07) is 0. The van der Waals surface area contributed by atoms with E-state index < -0.39 is 35.5 Å². The van der Waals surface area contributed by atoms with Crippen LogP contribution in [0.5, 0.6) is 0 Å². The van der Waals surface area contributed by atoms with Crippen LogP contribution in [0.15, 0.2) is 11.6 Å². The molecule has 3 saturated carbocycles. The van der Waals surface area contributed by atoms with Crippen molar-refractivity contribution < 1.29 is 28.9 Å². The molecule has 9 atom stereocenters. The van der Waals surface area contributed by atoms with Gasteiger partial charge in [-0.1, -0.05) is 32.4 Å². The second-order valence-corrected chi connectivity index (χ2v) is 12.2. The molecule has 0 bridgehead atoms. The highest BCUT2D eigenvalue weighted by Crippen LogP contribution is 2.67. The smallest absolute Gasteiger partial charge is 0.390 e. The summed E-state index contributed by atoms with van der Waals surface area (Å²) in [5, 5.41) is 20.9. The lowest BCUT2D eigenvalue weighted by atomic mass is 9.46. The van der Waals surface area contributed by atoms with Crippen molar-refractivity contribution in [3.8, 4) is 0 Å². The van der Waals surface area contributed by atoms with E-state index in [4.69, 9.17) is 5.48 Å². The minimum atomic E-state index is -4.64. The third kappa shape index (κ3) is 3.87. The quantitative estimate of drug-likeness (QED) is 0.442. The molecule has 3 unspecified atom stereocenters. The summed E-state index contributed by atoms with van der Waals surface area (Å²) in [5.41, 5.74) is -4.99. The maximum atomic E-state index is 13.2. The van der Waals surface area contributed by atoms with E-state index in [2.05, 4.69) is 6.92 Å². The van der Waals surface area contributed by atoms with Gasteiger partial charge in [0, 0.05) is 5.48 Å². The maximum absolute atomic E-state index is 13.2. The third-order valence-electron chi connectivity index (χ3n) is 10.1. The van der Waals surface area contributed by atoms with Crippen LogP contribution in [0.25, 0.3) is 0 Å². The zero-order valence-corrected chi connectivity index (χ0v) is 20.1. The van der Waals surface area contributed by atoms with Crippen molar-refractivity contribution >= 4 is 0 Å². The average molecular weight is 461 g/mol. The lowest BCUT2D eigenvalue weighted by molar-refractivity contribution is -0.256. The summed E-state index contributed by atoms with van der Waals surface area (Å²) in [6.45, 7) is 8.41. The monoisotopic (exact) mass is 460 g/mol. The van der Waals surface area contributed by atoms with Gasteiger partial charge < -0.3 is 10.2 Å². The van der Waals surface area contributed by atoms with Gasteiger partial charge >= 0.3 is 6.18 Å². The number of aliphatic hydroxyl groups is 2. The van der Waals surface area contributed by atoms with Crippen LogP contribution in [0.1, 0.15) is 104 Å². The first-order valence-electron chi connectivity index (χ1n) is 14.4. The minimum Gasteiger partial charge on any atom is -0.390 e. The van der Waals surface area contributed by atoms with Crippen molar-refractivity contribution in [1.82, 2.24) is 0 Å². The predicted octanol–water partition coefficient (Wildman–Crippen LogP) is 7.05. The summed E-state index contributed by atoms with van der Waals surface area (Å²) in [7, 11) is 0. The van der Waals surface area contributed by atoms with E-state index in [-0.39, 0.29) is 41.9 Å². The fourth-order valence-corrected chi connectivity index (χ4v) is 8.00. The Labute approximate surface area is 197 Å². The largest absolute Gasteiger partial charge is 0.416 e. The van der Waals surface area contributed by atoms with Crippen LogP contribution in [0.4, 0.5) is 13.2 Å². The molecule has 0 heterocycles. The highest BCUT2D eigenvalue weighted by atomic mass is 19.4. The molecule has 0 aromatic carbocycles. The molecule has 5 heteroatoms.